The Kier molecular flexibility index (Phi) is 4.92. The molecule has 0 aliphatic carbocycles. The van der Waals surface area contributed by atoms with Gasteiger partial charge in [-0.3, -0.25) is 4.72 Å². The van der Waals surface area contributed by atoms with Crippen molar-refractivity contribution in [3.63, 3.8) is 0 Å². The Morgan fingerprint density at radius 3 is 2.36 bits per heavy atom. The Balaban J connectivity index is 2.23. The number of phenolic OH excluding ortho intramolecular Hbond substituents is 1. The fourth-order valence-corrected chi connectivity index (χ4v) is 3.49. The summed E-state index contributed by atoms with van der Waals surface area (Å²) in [4.78, 5) is 0.0925. The number of hydrogen-bond acceptors (Lipinski definition) is 4. The van der Waals surface area contributed by atoms with Crippen LogP contribution in [0.5, 0.6) is 5.75 Å². The molecule has 2 aromatic carbocycles. The number of benzene rings is 2. The van der Waals surface area contributed by atoms with Crippen molar-refractivity contribution in [2.24, 2.45) is 0 Å². The lowest BCUT2D eigenvalue weighted by molar-refractivity contribution is 0.252. The molecule has 0 saturated heterocycles. The smallest absolute Gasteiger partial charge is 0.288 e. The van der Waals surface area contributed by atoms with E-state index >= 15 is 0 Å². The summed E-state index contributed by atoms with van der Waals surface area (Å²) in [6.07, 6.45) is 0. The first kappa shape index (κ1) is 16.6. The molecule has 2 N–H and O–H groups in total. The highest BCUT2D eigenvalue weighted by Gasteiger charge is 2.19. The van der Waals surface area contributed by atoms with Crippen LogP contribution in [0.3, 0.4) is 0 Å². The largest absolute Gasteiger partial charge is 0.507 e. The fourth-order valence-electron chi connectivity index (χ4n) is 1.75. The van der Waals surface area contributed by atoms with Gasteiger partial charge >= 0.3 is 0 Å². The van der Waals surface area contributed by atoms with Crippen molar-refractivity contribution in [1.29, 1.82) is 0 Å². The molecule has 2 rings (SSSR count). The normalized spacial score (nSPS) is 11.6. The molecule has 0 saturated carbocycles. The molecule has 0 fully saturated rings. The minimum Gasteiger partial charge on any atom is -0.507 e. The van der Waals surface area contributed by atoms with Crippen LogP contribution in [0.25, 0.3) is 0 Å². The third-order valence-electron chi connectivity index (χ3n) is 2.74. The Morgan fingerprint density at radius 1 is 1.14 bits per heavy atom. The summed E-state index contributed by atoms with van der Waals surface area (Å²) in [7, 11) is -3.96. The number of thioether (sulfide) groups is 1. The van der Waals surface area contributed by atoms with Gasteiger partial charge in [0, 0.05) is 10.6 Å². The highest BCUT2D eigenvalue weighted by Crippen LogP contribution is 2.28. The van der Waals surface area contributed by atoms with Crippen LogP contribution in [0, 0.1) is 6.92 Å². The quantitative estimate of drug-likeness (QED) is 0.809. The molecule has 0 heterocycles. The third kappa shape index (κ3) is 4.11. The third-order valence-corrected chi connectivity index (χ3v) is 4.87. The van der Waals surface area contributed by atoms with Crippen LogP contribution in [0.15, 0.2) is 52.3 Å². The van der Waals surface area contributed by atoms with E-state index in [4.69, 9.17) is 0 Å². The first-order chi connectivity index (χ1) is 10.3. The summed E-state index contributed by atoms with van der Waals surface area (Å²) in [5, 5.41) is 9.69. The summed E-state index contributed by atoms with van der Waals surface area (Å²) in [6, 6.07) is 9.79. The number of nitrogens with one attached hydrogen (secondary N) is 1. The van der Waals surface area contributed by atoms with Crippen molar-refractivity contribution in [3.8, 4) is 5.75 Å². The molecule has 0 unspecified atom stereocenters. The summed E-state index contributed by atoms with van der Waals surface area (Å²) >= 11 is 0.375. The first-order valence-electron chi connectivity index (χ1n) is 6.15. The summed E-state index contributed by atoms with van der Waals surface area (Å²) in [5.41, 5.74) is 0.904. The fraction of sp³-hybridized carbons (Fsp3) is 0.143. The number of alkyl halides is 2. The minimum absolute atomic E-state index is 0.222. The van der Waals surface area contributed by atoms with Crippen molar-refractivity contribution >= 4 is 27.5 Å². The molecule has 0 bridgehead atoms. The number of sulfonamides is 1. The molecular formula is C14H13F2NO3S2. The van der Waals surface area contributed by atoms with Gasteiger partial charge in [-0.05, 0) is 48.9 Å². The van der Waals surface area contributed by atoms with Gasteiger partial charge in [0.1, 0.15) is 10.6 Å². The van der Waals surface area contributed by atoms with Gasteiger partial charge in [0.15, 0.2) is 0 Å². The van der Waals surface area contributed by atoms with Crippen molar-refractivity contribution < 1.29 is 22.3 Å². The van der Waals surface area contributed by atoms with Crippen LogP contribution >= 0.6 is 11.8 Å². The van der Waals surface area contributed by atoms with E-state index in [9.17, 15) is 22.3 Å². The maximum absolute atomic E-state index is 12.2. The predicted molar refractivity (Wildman–Crippen MR) is 82.0 cm³/mol. The van der Waals surface area contributed by atoms with Gasteiger partial charge in [-0.15, -0.1) is 0 Å². The zero-order valence-electron chi connectivity index (χ0n) is 11.5. The SMILES string of the molecule is Cc1ccc(O)c(S(=O)(=O)Nc2ccc(SC(F)F)cc2)c1. The van der Waals surface area contributed by atoms with E-state index in [0.717, 1.165) is 0 Å². The standard InChI is InChI=1S/C14H13F2NO3S2/c1-9-2-7-12(18)13(8-9)22(19,20)17-10-3-5-11(6-4-10)21-14(15)16/h2-8,14,17-18H,1H3. The number of rotatable bonds is 5. The molecule has 0 atom stereocenters. The average Bonchev–Trinajstić information content (AvgIpc) is 2.43. The lowest BCUT2D eigenvalue weighted by Gasteiger charge is -2.10. The molecule has 0 aliphatic heterocycles. The van der Waals surface area contributed by atoms with E-state index < -0.39 is 15.8 Å². The van der Waals surface area contributed by atoms with Crippen LogP contribution in [0.2, 0.25) is 0 Å². The second-order valence-corrected chi connectivity index (χ2v) is 7.19. The van der Waals surface area contributed by atoms with Crippen LogP contribution in [0.4, 0.5) is 14.5 Å². The molecule has 2 aromatic rings. The van der Waals surface area contributed by atoms with Crippen LogP contribution in [-0.4, -0.2) is 19.3 Å². The van der Waals surface area contributed by atoms with Crippen molar-refractivity contribution in [1.82, 2.24) is 0 Å². The number of anilines is 1. The second-order valence-electron chi connectivity index (χ2n) is 4.48. The molecule has 0 amide bonds. The number of halogens is 2. The van der Waals surface area contributed by atoms with Gasteiger partial charge in [0.05, 0.1) is 0 Å². The van der Waals surface area contributed by atoms with Crippen LogP contribution in [0.1, 0.15) is 5.56 Å². The molecule has 118 valence electrons. The van der Waals surface area contributed by atoms with Crippen molar-refractivity contribution in [2.75, 3.05) is 4.72 Å². The van der Waals surface area contributed by atoms with Gasteiger partial charge in [-0.25, -0.2) is 8.42 Å². The van der Waals surface area contributed by atoms with Gasteiger partial charge in [0.2, 0.25) is 0 Å². The van der Waals surface area contributed by atoms with Gasteiger partial charge in [-0.1, -0.05) is 17.8 Å². The minimum atomic E-state index is -3.96. The lowest BCUT2D eigenvalue weighted by atomic mass is 10.2. The molecule has 0 aliphatic rings. The first-order valence-corrected chi connectivity index (χ1v) is 8.51. The van der Waals surface area contributed by atoms with Gasteiger partial charge in [0.25, 0.3) is 15.8 Å². The van der Waals surface area contributed by atoms with Gasteiger partial charge < -0.3 is 5.11 Å². The maximum atomic E-state index is 12.2. The number of phenols is 1. The number of aromatic hydroxyl groups is 1. The zero-order valence-corrected chi connectivity index (χ0v) is 13.1. The highest BCUT2D eigenvalue weighted by molar-refractivity contribution is 7.99. The molecular weight excluding hydrogens is 332 g/mol. The van der Waals surface area contributed by atoms with Gasteiger partial charge in [-0.2, -0.15) is 8.78 Å². The van der Waals surface area contributed by atoms with E-state index in [-0.39, 0.29) is 16.3 Å². The second kappa shape index (κ2) is 6.53. The van der Waals surface area contributed by atoms with E-state index in [1.54, 1.807) is 13.0 Å². The Bertz CT molecular complexity index is 762. The molecule has 4 nitrogen and oxygen atoms in total. The molecule has 8 heteroatoms. The van der Waals surface area contributed by atoms with Crippen molar-refractivity contribution in [3.05, 3.63) is 48.0 Å². The van der Waals surface area contributed by atoms with Crippen LogP contribution < -0.4 is 4.72 Å². The summed E-state index contributed by atoms with van der Waals surface area (Å²) in [6.45, 7) is 1.70. The zero-order chi connectivity index (χ0) is 16.3. The summed E-state index contributed by atoms with van der Waals surface area (Å²) in [5.74, 6) is -2.89. The van der Waals surface area contributed by atoms with Crippen molar-refractivity contribution in [2.45, 2.75) is 22.5 Å². The topological polar surface area (TPSA) is 66.4 Å². The Morgan fingerprint density at radius 2 is 1.77 bits per heavy atom. The molecule has 22 heavy (non-hydrogen) atoms. The number of hydrogen-bond donors (Lipinski definition) is 2. The number of aryl methyl sites for hydroxylation is 1. The predicted octanol–water partition coefficient (Wildman–Crippen LogP) is 3.82. The lowest BCUT2D eigenvalue weighted by Crippen LogP contribution is -2.13. The highest BCUT2D eigenvalue weighted by atomic mass is 32.2. The Hall–Kier alpha value is -1.80. The summed E-state index contributed by atoms with van der Waals surface area (Å²) < 4.78 is 51.2. The van der Waals surface area contributed by atoms with E-state index in [0.29, 0.717) is 22.2 Å². The molecule has 0 radical (unpaired) electrons. The van der Waals surface area contributed by atoms with E-state index in [1.165, 1.54) is 36.4 Å². The Labute approximate surface area is 131 Å². The molecule has 0 spiro atoms. The average molecular weight is 345 g/mol. The van der Waals surface area contributed by atoms with E-state index in [2.05, 4.69) is 4.72 Å². The van der Waals surface area contributed by atoms with Crippen LogP contribution in [-0.2, 0) is 10.0 Å². The maximum Gasteiger partial charge on any atom is 0.288 e. The molecule has 0 aromatic heterocycles. The van der Waals surface area contributed by atoms with E-state index in [1.807, 2.05) is 0 Å². The monoisotopic (exact) mass is 345 g/mol.